The number of aliphatic carboxylic acids is 1. The molecule has 6 aliphatic rings. The predicted molar refractivity (Wildman–Crippen MR) is 244 cm³/mol. The summed E-state index contributed by atoms with van der Waals surface area (Å²) in [6.45, 7) is -1.58. The number of ether oxygens (including phenoxy) is 2. The number of aliphatic hydroxyl groups is 7. The van der Waals surface area contributed by atoms with Crippen molar-refractivity contribution >= 4 is 23.6 Å². The molecule has 3 aromatic carbocycles. The Morgan fingerprint density at radius 1 is 0.942 bits per heavy atom. The van der Waals surface area contributed by atoms with Crippen molar-refractivity contribution in [3.05, 3.63) is 124 Å². The number of aromatic hydroxyl groups is 3. The van der Waals surface area contributed by atoms with Crippen LogP contribution in [0.15, 0.2) is 90.9 Å². The van der Waals surface area contributed by atoms with Gasteiger partial charge in [0, 0.05) is 77.5 Å². The number of aromatic nitrogens is 2. The Morgan fingerprint density at radius 3 is 2.48 bits per heavy atom. The average Bonchev–Trinajstić information content (AvgIpc) is 4.04. The number of phenols is 3. The lowest BCUT2D eigenvalue weighted by Gasteiger charge is -2.64. The molecule has 2 aliphatic heterocycles. The first-order valence-corrected chi connectivity index (χ1v) is 23.2. The molecule has 1 saturated carbocycles. The van der Waals surface area contributed by atoms with E-state index in [9.17, 15) is 61.0 Å². The maximum Gasteiger partial charge on any atom is 0.355 e. The minimum absolute atomic E-state index is 0.0146. The molecule has 3 heterocycles. The first kappa shape index (κ1) is 46.6. The number of carbonyl (C=O) groups is 2. The Morgan fingerprint density at radius 2 is 1.75 bits per heavy atom. The number of rotatable bonds is 11. The van der Waals surface area contributed by atoms with E-state index in [-0.39, 0.29) is 54.7 Å². The van der Waals surface area contributed by atoms with Gasteiger partial charge in [0.2, 0.25) is 0 Å². The summed E-state index contributed by atoms with van der Waals surface area (Å²) >= 11 is 0. The second-order valence-corrected chi connectivity index (χ2v) is 19.4. The van der Waals surface area contributed by atoms with Gasteiger partial charge in [-0.15, -0.1) is 0 Å². The van der Waals surface area contributed by atoms with Crippen molar-refractivity contribution < 1.29 is 75.2 Å². The Balaban J connectivity index is 1.21. The van der Waals surface area contributed by atoms with Crippen LogP contribution in [0.25, 0.3) is 6.08 Å². The number of allylic oxidation sites excluding steroid dienone is 2. The number of imidazole rings is 1. The summed E-state index contributed by atoms with van der Waals surface area (Å²) < 4.78 is 11.1. The fourth-order valence-electron chi connectivity index (χ4n) is 13.3. The molecule has 0 bridgehead atoms. The van der Waals surface area contributed by atoms with Crippen LogP contribution in [0.4, 0.5) is 5.69 Å². The smallest absolute Gasteiger partial charge is 0.355 e. The Labute approximate surface area is 395 Å². The number of fused-ring (bicyclic) bond motifs is 9. The number of hydrogen-bond donors (Lipinski definition) is 12. The van der Waals surface area contributed by atoms with Gasteiger partial charge >= 0.3 is 11.9 Å². The van der Waals surface area contributed by atoms with Crippen LogP contribution in [0.3, 0.4) is 0 Å². The zero-order valence-electron chi connectivity index (χ0n) is 37.3. The van der Waals surface area contributed by atoms with Crippen molar-refractivity contribution in [2.45, 2.75) is 92.2 Å². The summed E-state index contributed by atoms with van der Waals surface area (Å²) in [4.78, 5) is 38.3. The molecule has 1 aromatic heterocycles. The van der Waals surface area contributed by atoms with Crippen LogP contribution in [0.1, 0.15) is 71.5 Å². The Hall–Kier alpha value is -6.09. The minimum atomic E-state index is -3.22. The van der Waals surface area contributed by atoms with Gasteiger partial charge in [-0.05, 0) is 97.0 Å². The number of H-pyrrole nitrogens is 1. The lowest BCUT2D eigenvalue weighted by atomic mass is 9.38. The van der Waals surface area contributed by atoms with Gasteiger partial charge < -0.3 is 70.6 Å². The van der Waals surface area contributed by atoms with Crippen LogP contribution in [-0.2, 0) is 32.6 Å². The van der Waals surface area contributed by atoms with E-state index in [0.29, 0.717) is 53.6 Å². The number of nitrogens with zero attached hydrogens (tertiary/aromatic N) is 2. The lowest BCUT2D eigenvalue weighted by molar-refractivity contribution is -0.422. The summed E-state index contributed by atoms with van der Waals surface area (Å²) in [5.74, 6) is -9.60. The number of phenolic OH excluding ortho intramolecular Hbond substituents is 3. The Bertz CT molecular complexity index is 2770. The fourth-order valence-corrected chi connectivity index (χ4v) is 13.3. The van der Waals surface area contributed by atoms with Gasteiger partial charge in [0.05, 0.1) is 18.6 Å². The van der Waals surface area contributed by atoms with E-state index in [1.807, 2.05) is 18.2 Å². The van der Waals surface area contributed by atoms with Crippen molar-refractivity contribution in [3.63, 3.8) is 0 Å². The molecule has 364 valence electrons. The van der Waals surface area contributed by atoms with Crippen LogP contribution < -0.4 is 9.64 Å². The Kier molecular flexibility index (Phi) is 11.6. The van der Waals surface area contributed by atoms with Crippen LogP contribution in [0, 0.1) is 23.2 Å². The third kappa shape index (κ3) is 6.72. The summed E-state index contributed by atoms with van der Waals surface area (Å²) in [6, 6.07) is 12.3. The number of carboxylic acid groups (broad SMARTS) is 1. The molecule has 4 aromatic rings. The second kappa shape index (κ2) is 17.1. The first-order chi connectivity index (χ1) is 33.1. The lowest BCUT2D eigenvalue weighted by Crippen LogP contribution is -2.67. The molecule has 69 heavy (non-hydrogen) atoms. The molecule has 1 saturated heterocycles. The number of aliphatic hydroxyl groups excluding tert-OH is 6. The van der Waals surface area contributed by atoms with Crippen molar-refractivity contribution in [2.75, 3.05) is 24.7 Å². The molecule has 0 radical (unpaired) electrons. The molecule has 12 N–H and O–H groups in total. The van der Waals surface area contributed by atoms with Gasteiger partial charge in [0.25, 0.3) is 5.91 Å². The molecule has 18 heteroatoms. The largest absolute Gasteiger partial charge is 0.508 e. The quantitative estimate of drug-likeness (QED) is 0.0584. The third-order valence-corrected chi connectivity index (χ3v) is 16.0. The van der Waals surface area contributed by atoms with Gasteiger partial charge in [-0.2, -0.15) is 0 Å². The number of anilines is 1. The molecule has 2 fully saturated rings. The van der Waals surface area contributed by atoms with Gasteiger partial charge in [0.15, 0.2) is 23.1 Å². The van der Waals surface area contributed by atoms with Crippen molar-refractivity contribution in [3.8, 4) is 23.0 Å². The second-order valence-electron chi connectivity index (χ2n) is 19.4. The summed E-state index contributed by atoms with van der Waals surface area (Å²) in [7, 11) is 0. The van der Waals surface area contributed by atoms with Crippen LogP contribution in [0.5, 0.6) is 23.0 Å². The molecule has 18 nitrogen and oxygen atoms in total. The zero-order chi connectivity index (χ0) is 48.8. The standard InChI is InChI=1S/C51H55N3O15/c55-22-27-13-14-48(50-30(4-2-5-31(50)23-56)10-9-28-3-1-6-37(59)42(28)50)32(16-27)20-49(47(65)66)45(48)34-18-38(60)39(68-51(67)46(64)44(63)43(62)40(24-57)69-51)19-35(34)54(49)41(61)12-8-26-7-11-36(58)29(15-26)17-33-21-52-25-53-33/h1,3,6-8,11-15,18-21,25,27,30-31,40,43-46,55-60,62-64,67H,2,4-5,9-10,16-17,22-24H2,(H,52,53)(H,65,66). The maximum absolute atomic E-state index is 15.4. The van der Waals surface area contributed by atoms with Crippen LogP contribution >= 0.6 is 0 Å². The van der Waals surface area contributed by atoms with Crippen molar-refractivity contribution in [1.82, 2.24) is 9.97 Å². The summed E-state index contributed by atoms with van der Waals surface area (Å²) in [6.07, 6.45) is 6.48. The van der Waals surface area contributed by atoms with Gasteiger partial charge in [-0.1, -0.05) is 42.3 Å². The third-order valence-electron chi connectivity index (χ3n) is 16.0. The topological polar surface area (TPSA) is 307 Å². The van der Waals surface area contributed by atoms with E-state index >= 15 is 4.79 Å². The number of carboxylic acids is 1. The summed E-state index contributed by atoms with van der Waals surface area (Å²) in [5, 5.41) is 123. The molecule has 12 unspecified atom stereocenters. The van der Waals surface area contributed by atoms with Gasteiger partial charge in [-0.3, -0.25) is 9.69 Å². The van der Waals surface area contributed by atoms with E-state index < -0.39 is 94.5 Å². The highest BCUT2D eigenvalue weighted by Crippen LogP contribution is 2.77. The highest BCUT2D eigenvalue weighted by Gasteiger charge is 2.77. The van der Waals surface area contributed by atoms with E-state index in [1.165, 1.54) is 30.6 Å². The van der Waals surface area contributed by atoms with E-state index in [0.717, 1.165) is 23.0 Å². The fraction of sp³-hybridized carbons (Fsp3) is 0.431. The number of carbonyl (C=O) groups excluding carboxylic acids is 1. The van der Waals surface area contributed by atoms with Crippen LogP contribution in [0.2, 0.25) is 0 Å². The SMILES string of the molecule is O=C(C=Cc1ccc(O)c(Cc2cnc[nH]2)c1)N1c2cc(OC3(O)OC(CO)C(O)C(O)C3O)c(O)cc2C2C1(C(=O)O)C=C1CC(CO)C=CC12C12c3c(O)cccc3CCC1CCCC2CO. The number of benzene rings is 3. The van der Waals surface area contributed by atoms with E-state index in [4.69, 9.17) is 9.47 Å². The van der Waals surface area contributed by atoms with E-state index in [2.05, 4.69) is 9.97 Å². The number of amides is 1. The van der Waals surface area contributed by atoms with Crippen LogP contribution in [-0.4, -0.2) is 134 Å². The molecule has 4 aliphatic carbocycles. The number of nitrogens with one attached hydrogen (secondary N) is 1. The van der Waals surface area contributed by atoms with Crippen molar-refractivity contribution in [1.29, 1.82) is 0 Å². The maximum atomic E-state index is 15.4. The molecular weight excluding hydrogens is 895 g/mol. The normalized spacial score (nSPS) is 34.4. The molecule has 12 atom stereocenters. The molecule has 1 amide bonds. The number of aryl methyl sites for hydroxylation is 1. The number of aromatic amines is 1. The first-order valence-electron chi connectivity index (χ1n) is 23.2. The zero-order valence-corrected chi connectivity index (χ0v) is 37.3. The van der Waals surface area contributed by atoms with Gasteiger partial charge in [-0.25, -0.2) is 9.78 Å². The van der Waals surface area contributed by atoms with Crippen molar-refractivity contribution in [2.24, 2.45) is 23.2 Å². The minimum Gasteiger partial charge on any atom is -0.508 e. The molecular formula is C51H55N3O15. The predicted octanol–water partition coefficient (Wildman–Crippen LogP) is 2.37. The number of hydrogen-bond acceptors (Lipinski definition) is 15. The monoisotopic (exact) mass is 949 g/mol. The summed E-state index contributed by atoms with van der Waals surface area (Å²) in [5.41, 5.74) is -1.41. The highest BCUT2D eigenvalue weighted by atomic mass is 16.8. The average molecular weight is 950 g/mol. The van der Waals surface area contributed by atoms with Gasteiger partial charge in [0.1, 0.15) is 29.8 Å². The van der Waals surface area contributed by atoms with E-state index in [1.54, 1.807) is 36.5 Å². The highest BCUT2D eigenvalue weighted by molar-refractivity contribution is 6.13. The molecule has 10 rings (SSSR count). The molecule has 0 spiro atoms.